The van der Waals surface area contributed by atoms with E-state index in [2.05, 4.69) is 0 Å². The Bertz CT molecular complexity index is 1000. The second-order valence-corrected chi connectivity index (χ2v) is 6.72. The number of aldehydes is 1. The number of hydrogen-bond donors (Lipinski definition) is 0. The molecule has 0 N–H and O–H groups in total. The highest BCUT2D eigenvalue weighted by molar-refractivity contribution is 8.08. The molecule has 3 aromatic rings. The zero-order valence-corrected chi connectivity index (χ0v) is 13.7. The number of thioether (sulfide) groups is 1. The molecule has 0 amide bonds. The first kappa shape index (κ1) is 14.9. The summed E-state index contributed by atoms with van der Waals surface area (Å²) in [5.74, 6) is 0.142. The van der Waals surface area contributed by atoms with Gasteiger partial charge in [-0.15, -0.1) is 0 Å². The molecule has 24 heavy (non-hydrogen) atoms. The minimum absolute atomic E-state index is 0.142. The van der Waals surface area contributed by atoms with Gasteiger partial charge in [0.15, 0.2) is 12.1 Å². The van der Waals surface area contributed by atoms with E-state index in [1.54, 1.807) is 11.8 Å². The lowest BCUT2D eigenvalue weighted by Gasteiger charge is -2.18. The van der Waals surface area contributed by atoms with Gasteiger partial charge in [0.05, 0.1) is 0 Å². The van der Waals surface area contributed by atoms with E-state index in [0.29, 0.717) is 12.0 Å². The van der Waals surface area contributed by atoms with Crippen LogP contribution >= 0.6 is 11.8 Å². The molecule has 0 bridgehead atoms. The molecule has 0 fully saturated rings. The number of benzene rings is 3. The van der Waals surface area contributed by atoms with E-state index >= 15 is 0 Å². The molecule has 0 radical (unpaired) electrons. The lowest BCUT2D eigenvalue weighted by molar-refractivity contribution is 0.0994. The fraction of sp³-hybridized carbons (Fsp3) is 0.0476. The predicted octanol–water partition coefficient (Wildman–Crippen LogP) is 5.37. The molecule has 0 saturated carbocycles. The molecule has 0 aliphatic heterocycles. The Labute approximate surface area is 144 Å². The van der Waals surface area contributed by atoms with Crippen LogP contribution in [0.25, 0.3) is 15.7 Å². The Balaban J connectivity index is 1.86. The number of carbonyl (C=O) groups excluding carboxylic acids is 2. The standard InChI is InChI=1S/C21H14O2S/c22-13-15-10-9-14-5-1-2-6-16(14)21(15)24-20-12-11-19(23)17-7-3-4-8-18(17)20/h1-10,12-13H,11H2. The summed E-state index contributed by atoms with van der Waals surface area (Å²) in [5, 5.41) is 2.16. The van der Waals surface area contributed by atoms with Gasteiger partial charge in [-0.25, -0.2) is 0 Å². The van der Waals surface area contributed by atoms with Crippen molar-refractivity contribution in [2.75, 3.05) is 0 Å². The molecule has 0 aromatic heterocycles. The molecular formula is C21H14O2S. The van der Waals surface area contributed by atoms with Gasteiger partial charge in [0, 0.05) is 27.3 Å². The number of fused-ring (bicyclic) bond motifs is 2. The summed E-state index contributed by atoms with van der Waals surface area (Å²) in [4.78, 5) is 25.6. The maximum absolute atomic E-state index is 12.1. The number of ketones is 1. The highest BCUT2D eigenvalue weighted by Gasteiger charge is 2.20. The predicted molar refractivity (Wildman–Crippen MR) is 98.6 cm³/mol. The average molecular weight is 330 g/mol. The molecule has 0 heterocycles. The van der Waals surface area contributed by atoms with Crippen molar-refractivity contribution < 1.29 is 9.59 Å². The monoisotopic (exact) mass is 330 g/mol. The van der Waals surface area contributed by atoms with Crippen molar-refractivity contribution in [3.8, 4) is 0 Å². The highest BCUT2D eigenvalue weighted by Crippen LogP contribution is 2.42. The zero-order valence-electron chi connectivity index (χ0n) is 12.9. The molecule has 2 nitrogen and oxygen atoms in total. The smallest absolute Gasteiger partial charge is 0.167 e. The van der Waals surface area contributed by atoms with Gasteiger partial charge in [0.25, 0.3) is 0 Å². The third-order valence-electron chi connectivity index (χ3n) is 4.21. The quantitative estimate of drug-likeness (QED) is 0.605. The Kier molecular flexibility index (Phi) is 3.79. The van der Waals surface area contributed by atoms with Crippen LogP contribution in [0.5, 0.6) is 0 Å². The van der Waals surface area contributed by atoms with Crippen LogP contribution < -0.4 is 0 Å². The third-order valence-corrected chi connectivity index (χ3v) is 5.48. The largest absolute Gasteiger partial charge is 0.298 e. The van der Waals surface area contributed by atoms with E-state index in [9.17, 15) is 9.59 Å². The van der Waals surface area contributed by atoms with Gasteiger partial charge in [-0.05, 0) is 22.4 Å². The van der Waals surface area contributed by atoms with Gasteiger partial charge in [0.1, 0.15) is 0 Å². The van der Waals surface area contributed by atoms with Gasteiger partial charge in [-0.1, -0.05) is 72.4 Å². The molecule has 1 aliphatic rings. The second kappa shape index (κ2) is 6.10. The maximum Gasteiger partial charge on any atom is 0.167 e. The van der Waals surface area contributed by atoms with Crippen LogP contribution in [0.1, 0.15) is 32.7 Å². The number of allylic oxidation sites excluding steroid dienone is 1. The minimum Gasteiger partial charge on any atom is -0.298 e. The second-order valence-electron chi connectivity index (χ2n) is 5.67. The van der Waals surface area contributed by atoms with Crippen LogP contribution in [-0.4, -0.2) is 12.1 Å². The molecule has 0 saturated heterocycles. The van der Waals surface area contributed by atoms with Gasteiger partial charge in [-0.3, -0.25) is 9.59 Å². The molecule has 0 unspecified atom stereocenters. The summed E-state index contributed by atoms with van der Waals surface area (Å²) in [6, 6.07) is 19.5. The van der Waals surface area contributed by atoms with Crippen LogP contribution in [0.3, 0.4) is 0 Å². The summed E-state index contributed by atoms with van der Waals surface area (Å²) in [6.45, 7) is 0. The first-order chi connectivity index (χ1) is 11.8. The summed E-state index contributed by atoms with van der Waals surface area (Å²) < 4.78 is 0. The highest BCUT2D eigenvalue weighted by atomic mass is 32.2. The topological polar surface area (TPSA) is 34.1 Å². The van der Waals surface area contributed by atoms with E-state index in [0.717, 1.165) is 38.0 Å². The Morgan fingerprint density at radius 2 is 1.62 bits per heavy atom. The molecule has 3 heteroatoms. The SMILES string of the molecule is O=Cc1ccc2ccccc2c1SC1=CCC(=O)c2ccccc21. The lowest BCUT2D eigenvalue weighted by Crippen LogP contribution is -2.06. The van der Waals surface area contributed by atoms with Crippen LogP contribution in [0.4, 0.5) is 0 Å². The van der Waals surface area contributed by atoms with E-state index < -0.39 is 0 Å². The van der Waals surface area contributed by atoms with E-state index in [4.69, 9.17) is 0 Å². The molecule has 0 spiro atoms. The minimum atomic E-state index is 0.142. The average Bonchev–Trinajstić information content (AvgIpc) is 2.64. The fourth-order valence-corrected chi connectivity index (χ4v) is 4.22. The molecule has 0 atom stereocenters. The zero-order chi connectivity index (χ0) is 16.5. The van der Waals surface area contributed by atoms with Crippen LogP contribution in [0.15, 0.2) is 71.6 Å². The molecule has 4 rings (SSSR count). The van der Waals surface area contributed by atoms with Crippen molar-refractivity contribution in [3.63, 3.8) is 0 Å². The summed E-state index contributed by atoms with van der Waals surface area (Å²) >= 11 is 1.57. The van der Waals surface area contributed by atoms with Crippen LogP contribution in [-0.2, 0) is 0 Å². The van der Waals surface area contributed by atoms with Crippen molar-refractivity contribution in [3.05, 3.63) is 83.4 Å². The number of Topliss-reactive ketones (excluding diaryl/α,β-unsaturated/α-hetero) is 1. The van der Waals surface area contributed by atoms with E-state index in [-0.39, 0.29) is 5.78 Å². The Morgan fingerprint density at radius 3 is 2.46 bits per heavy atom. The normalized spacial score (nSPS) is 13.5. The molecule has 1 aliphatic carbocycles. The lowest BCUT2D eigenvalue weighted by atomic mass is 9.96. The Morgan fingerprint density at radius 1 is 0.875 bits per heavy atom. The molecular weight excluding hydrogens is 316 g/mol. The third kappa shape index (κ3) is 2.47. The van der Waals surface area contributed by atoms with Crippen LogP contribution in [0, 0.1) is 0 Å². The van der Waals surface area contributed by atoms with E-state index in [1.807, 2.05) is 66.7 Å². The molecule has 116 valence electrons. The first-order valence-corrected chi connectivity index (χ1v) is 8.57. The Hall–Kier alpha value is -2.65. The van der Waals surface area contributed by atoms with E-state index in [1.165, 1.54) is 0 Å². The number of carbonyl (C=O) groups is 2. The van der Waals surface area contributed by atoms with Gasteiger partial charge < -0.3 is 0 Å². The van der Waals surface area contributed by atoms with Gasteiger partial charge in [0.2, 0.25) is 0 Å². The summed E-state index contributed by atoms with van der Waals surface area (Å²) in [7, 11) is 0. The summed E-state index contributed by atoms with van der Waals surface area (Å²) in [5.41, 5.74) is 2.38. The van der Waals surface area contributed by atoms with Gasteiger partial charge >= 0.3 is 0 Å². The van der Waals surface area contributed by atoms with Crippen molar-refractivity contribution in [2.24, 2.45) is 0 Å². The maximum atomic E-state index is 12.1. The van der Waals surface area contributed by atoms with Crippen molar-refractivity contribution in [2.45, 2.75) is 11.3 Å². The number of rotatable bonds is 3. The number of hydrogen-bond acceptors (Lipinski definition) is 3. The van der Waals surface area contributed by atoms with Crippen molar-refractivity contribution >= 4 is 39.5 Å². The van der Waals surface area contributed by atoms with Crippen molar-refractivity contribution in [1.82, 2.24) is 0 Å². The summed E-state index contributed by atoms with van der Waals surface area (Å²) in [6.07, 6.45) is 3.27. The van der Waals surface area contributed by atoms with Crippen LogP contribution in [0.2, 0.25) is 0 Å². The first-order valence-electron chi connectivity index (χ1n) is 7.75. The van der Waals surface area contributed by atoms with Gasteiger partial charge in [-0.2, -0.15) is 0 Å². The molecule has 3 aromatic carbocycles. The van der Waals surface area contributed by atoms with Crippen molar-refractivity contribution in [1.29, 1.82) is 0 Å². The fourth-order valence-electron chi connectivity index (χ4n) is 3.02.